The fraction of sp³-hybridized carbons (Fsp3) is 0.471. The highest BCUT2D eigenvalue weighted by Crippen LogP contribution is 2.11. The summed E-state index contributed by atoms with van der Waals surface area (Å²) in [5.41, 5.74) is 0.969. The summed E-state index contributed by atoms with van der Waals surface area (Å²) in [5, 5.41) is 7.83. The largest absolute Gasteiger partial charge is 0.340 e. The molecular weight excluding hydrogens is 309 g/mol. The van der Waals surface area contributed by atoms with Gasteiger partial charge in [0.15, 0.2) is 0 Å². The average molecular weight is 331 g/mol. The van der Waals surface area contributed by atoms with E-state index in [1.807, 2.05) is 22.6 Å². The van der Waals surface area contributed by atoms with Crippen molar-refractivity contribution >= 4 is 5.91 Å². The second kappa shape index (κ2) is 7.53. The molecule has 1 amide bonds. The Labute approximate surface area is 140 Å². The van der Waals surface area contributed by atoms with Crippen molar-refractivity contribution in [3.8, 4) is 0 Å². The third-order valence-corrected chi connectivity index (χ3v) is 4.39. The van der Waals surface area contributed by atoms with Crippen molar-refractivity contribution in [2.75, 3.05) is 26.2 Å². The Morgan fingerprint density at radius 2 is 2.04 bits per heavy atom. The normalized spacial score (nSPS) is 15.7. The first kappa shape index (κ1) is 16.6. The quantitative estimate of drug-likeness (QED) is 0.827. The van der Waals surface area contributed by atoms with Gasteiger partial charge in [0.05, 0.1) is 0 Å². The van der Waals surface area contributed by atoms with Gasteiger partial charge in [0.25, 0.3) is 0 Å². The van der Waals surface area contributed by atoms with Crippen molar-refractivity contribution < 1.29 is 9.18 Å². The molecule has 6 nitrogen and oxygen atoms in total. The number of halogens is 1. The minimum atomic E-state index is -0.204. The second-order valence-corrected chi connectivity index (χ2v) is 6.14. The standard InChI is InChI=1S/C17H22FN5O/c1-21-13-19-20-16(21)5-6-17(24)23-9-7-22(8-10-23)12-14-3-2-4-15(18)11-14/h2-4,11,13H,5-10,12H2,1H3. The smallest absolute Gasteiger partial charge is 0.223 e. The van der Waals surface area contributed by atoms with E-state index in [1.54, 1.807) is 18.5 Å². The highest BCUT2D eigenvalue weighted by molar-refractivity contribution is 5.76. The van der Waals surface area contributed by atoms with E-state index in [-0.39, 0.29) is 11.7 Å². The zero-order valence-corrected chi connectivity index (χ0v) is 13.9. The van der Waals surface area contributed by atoms with Crippen LogP contribution in [0.1, 0.15) is 17.8 Å². The van der Waals surface area contributed by atoms with Crippen LogP contribution in [0, 0.1) is 5.82 Å². The van der Waals surface area contributed by atoms with Crippen molar-refractivity contribution in [2.45, 2.75) is 19.4 Å². The van der Waals surface area contributed by atoms with Crippen LogP contribution in [0.4, 0.5) is 4.39 Å². The maximum atomic E-state index is 13.2. The van der Waals surface area contributed by atoms with Gasteiger partial charge in [-0.25, -0.2) is 4.39 Å². The zero-order valence-electron chi connectivity index (χ0n) is 13.9. The first-order chi connectivity index (χ1) is 11.6. The molecule has 0 bridgehead atoms. The number of hydrogen-bond acceptors (Lipinski definition) is 4. The summed E-state index contributed by atoms with van der Waals surface area (Å²) in [5.74, 6) is 0.779. The van der Waals surface area contributed by atoms with Gasteiger partial charge in [0.1, 0.15) is 18.0 Å². The minimum Gasteiger partial charge on any atom is -0.340 e. The van der Waals surface area contributed by atoms with E-state index in [0.717, 1.165) is 31.0 Å². The first-order valence-electron chi connectivity index (χ1n) is 8.19. The summed E-state index contributed by atoms with van der Waals surface area (Å²) in [4.78, 5) is 16.5. The van der Waals surface area contributed by atoms with Gasteiger partial charge in [-0.3, -0.25) is 9.69 Å². The highest BCUT2D eigenvalue weighted by Gasteiger charge is 2.21. The van der Waals surface area contributed by atoms with E-state index in [2.05, 4.69) is 15.1 Å². The number of rotatable bonds is 5. The van der Waals surface area contributed by atoms with E-state index in [0.29, 0.717) is 25.9 Å². The summed E-state index contributed by atoms with van der Waals surface area (Å²) in [6.45, 7) is 3.77. The lowest BCUT2D eigenvalue weighted by Crippen LogP contribution is -2.48. The molecule has 0 saturated carbocycles. The average Bonchev–Trinajstić information content (AvgIpc) is 2.98. The lowest BCUT2D eigenvalue weighted by molar-refractivity contribution is -0.133. The molecule has 0 aliphatic carbocycles. The van der Waals surface area contributed by atoms with Crippen LogP contribution >= 0.6 is 0 Å². The molecule has 0 atom stereocenters. The number of hydrogen-bond donors (Lipinski definition) is 0. The molecule has 0 spiro atoms. The minimum absolute atomic E-state index is 0.156. The van der Waals surface area contributed by atoms with Crippen LogP contribution < -0.4 is 0 Å². The molecule has 1 aromatic carbocycles. The van der Waals surface area contributed by atoms with Crippen LogP contribution in [0.15, 0.2) is 30.6 Å². The molecule has 1 aromatic heterocycles. The number of nitrogens with zero attached hydrogens (tertiary/aromatic N) is 5. The summed E-state index contributed by atoms with van der Waals surface area (Å²) < 4.78 is 15.1. The molecule has 1 aliphatic heterocycles. The van der Waals surface area contributed by atoms with Crippen LogP contribution in [0.5, 0.6) is 0 Å². The molecule has 1 saturated heterocycles. The maximum absolute atomic E-state index is 13.2. The molecule has 1 aliphatic rings. The van der Waals surface area contributed by atoms with Crippen molar-refractivity contribution in [2.24, 2.45) is 7.05 Å². The third-order valence-electron chi connectivity index (χ3n) is 4.39. The predicted molar refractivity (Wildman–Crippen MR) is 87.6 cm³/mol. The van der Waals surface area contributed by atoms with Crippen LogP contribution in [0.2, 0.25) is 0 Å². The van der Waals surface area contributed by atoms with Crippen molar-refractivity contribution in [1.29, 1.82) is 0 Å². The van der Waals surface area contributed by atoms with Gasteiger partial charge in [-0.1, -0.05) is 12.1 Å². The molecular formula is C17H22FN5O. The fourth-order valence-electron chi connectivity index (χ4n) is 2.96. The Morgan fingerprint density at radius 1 is 1.25 bits per heavy atom. The van der Waals surface area contributed by atoms with Crippen molar-refractivity contribution in [3.05, 3.63) is 47.8 Å². The number of carbonyl (C=O) groups excluding carboxylic acids is 1. The molecule has 0 radical (unpaired) electrons. The van der Waals surface area contributed by atoms with E-state index in [1.165, 1.54) is 6.07 Å². The summed E-state index contributed by atoms with van der Waals surface area (Å²) in [6, 6.07) is 6.69. The Morgan fingerprint density at radius 3 is 2.71 bits per heavy atom. The van der Waals surface area contributed by atoms with Gasteiger partial charge >= 0.3 is 0 Å². The summed E-state index contributed by atoms with van der Waals surface area (Å²) in [6.07, 6.45) is 2.71. The Balaban J connectivity index is 1.44. The molecule has 7 heteroatoms. The second-order valence-electron chi connectivity index (χ2n) is 6.14. The molecule has 24 heavy (non-hydrogen) atoms. The van der Waals surface area contributed by atoms with Crippen molar-refractivity contribution in [1.82, 2.24) is 24.6 Å². The topological polar surface area (TPSA) is 54.3 Å². The van der Waals surface area contributed by atoms with Crippen LogP contribution in [0.3, 0.4) is 0 Å². The number of aromatic nitrogens is 3. The molecule has 0 N–H and O–H groups in total. The number of benzene rings is 1. The Kier molecular flexibility index (Phi) is 5.20. The fourth-order valence-corrected chi connectivity index (χ4v) is 2.96. The van der Waals surface area contributed by atoms with Gasteiger partial charge in [-0.15, -0.1) is 10.2 Å². The maximum Gasteiger partial charge on any atom is 0.223 e. The highest BCUT2D eigenvalue weighted by atomic mass is 19.1. The van der Waals surface area contributed by atoms with Crippen LogP contribution in [0.25, 0.3) is 0 Å². The lowest BCUT2D eigenvalue weighted by Gasteiger charge is -2.34. The lowest BCUT2D eigenvalue weighted by atomic mass is 10.2. The molecule has 1 fully saturated rings. The van der Waals surface area contributed by atoms with E-state index in [4.69, 9.17) is 0 Å². The van der Waals surface area contributed by atoms with E-state index >= 15 is 0 Å². The number of aryl methyl sites for hydroxylation is 2. The molecule has 128 valence electrons. The van der Waals surface area contributed by atoms with Gasteiger partial charge in [0.2, 0.25) is 5.91 Å². The third kappa shape index (κ3) is 4.17. The number of carbonyl (C=O) groups is 1. The monoisotopic (exact) mass is 331 g/mol. The van der Waals surface area contributed by atoms with Crippen molar-refractivity contribution in [3.63, 3.8) is 0 Å². The van der Waals surface area contributed by atoms with Crippen LogP contribution in [-0.2, 0) is 24.8 Å². The number of amides is 1. The SMILES string of the molecule is Cn1cnnc1CCC(=O)N1CCN(Cc2cccc(F)c2)CC1. The molecule has 2 aromatic rings. The summed E-state index contributed by atoms with van der Waals surface area (Å²) >= 11 is 0. The van der Waals surface area contributed by atoms with Crippen LogP contribution in [-0.4, -0.2) is 56.7 Å². The predicted octanol–water partition coefficient (Wildman–Crippen LogP) is 1.23. The van der Waals surface area contributed by atoms with E-state index in [9.17, 15) is 9.18 Å². The summed E-state index contributed by atoms with van der Waals surface area (Å²) in [7, 11) is 1.88. The molecule has 0 unspecified atom stereocenters. The van der Waals surface area contributed by atoms with Gasteiger partial charge in [0, 0.05) is 52.6 Å². The van der Waals surface area contributed by atoms with Gasteiger partial charge in [-0.2, -0.15) is 0 Å². The Bertz CT molecular complexity index is 694. The molecule has 3 rings (SSSR count). The Hall–Kier alpha value is -2.28. The zero-order chi connectivity index (χ0) is 16.9. The number of piperazine rings is 1. The molecule has 2 heterocycles. The first-order valence-corrected chi connectivity index (χ1v) is 8.19. The van der Waals surface area contributed by atoms with Gasteiger partial charge in [-0.05, 0) is 17.7 Å². The van der Waals surface area contributed by atoms with Gasteiger partial charge < -0.3 is 9.47 Å². The van der Waals surface area contributed by atoms with E-state index < -0.39 is 0 Å².